The van der Waals surface area contributed by atoms with Gasteiger partial charge in [0.15, 0.2) is 0 Å². The average molecular weight is 162 g/mol. The SMILES string of the molecule is C=C1CCC(=C)[C@@H]2CCCC[C@H]12. The van der Waals surface area contributed by atoms with Crippen LogP contribution in [0.3, 0.4) is 0 Å². The molecule has 2 aliphatic carbocycles. The highest BCUT2D eigenvalue weighted by atomic mass is 14.4. The molecule has 0 nitrogen and oxygen atoms in total. The van der Waals surface area contributed by atoms with Crippen molar-refractivity contribution in [1.29, 1.82) is 0 Å². The Morgan fingerprint density at radius 2 is 1.25 bits per heavy atom. The molecular weight excluding hydrogens is 144 g/mol. The quantitative estimate of drug-likeness (QED) is 0.476. The van der Waals surface area contributed by atoms with Gasteiger partial charge in [-0.3, -0.25) is 0 Å². The van der Waals surface area contributed by atoms with Gasteiger partial charge in [0, 0.05) is 0 Å². The molecule has 0 heterocycles. The van der Waals surface area contributed by atoms with Crippen molar-refractivity contribution in [3.8, 4) is 0 Å². The molecule has 0 saturated heterocycles. The summed E-state index contributed by atoms with van der Waals surface area (Å²) >= 11 is 0. The fraction of sp³-hybridized carbons (Fsp3) is 0.667. The van der Waals surface area contributed by atoms with Crippen molar-refractivity contribution in [2.24, 2.45) is 11.8 Å². The summed E-state index contributed by atoms with van der Waals surface area (Å²) in [4.78, 5) is 0. The molecule has 0 N–H and O–H groups in total. The first-order chi connectivity index (χ1) is 5.79. The van der Waals surface area contributed by atoms with Crippen LogP contribution >= 0.6 is 0 Å². The van der Waals surface area contributed by atoms with Crippen LogP contribution < -0.4 is 0 Å². The maximum atomic E-state index is 4.19. The lowest BCUT2D eigenvalue weighted by molar-refractivity contribution is 0.281. The minimum Gasteiger partial charge on any atom is -0.0995 e. The fourth-order valence-corrected chi connectivity index (χ4v) is 2.80. The van der Waals surface area contributed by atoms with E-state index < -0.39 is 0 Å². The van der Waals surface area contributed by atoms with Crippen molar-refractivity contribution in [2.45, 2.75) is 38.5 Å². The molecule has 0 spiro atoms. The Labute approximate surface area is 75.4 Å². The number of hydrogen-bond donors (Lipinski definition) is 0. The van der Waals surface area contributed by atoms with E-state index >= 15 is 0 Å². The molecule has 0 aromatic heterocycles. The van der Waals surface area contributed by atoms with Gasteiger partial charge in [-0.05, 0) is 37.5 Å². The van der Waals surface area contributed by atoms with Crippen LogP contribution in [0.5, 0.6) is 0 Å². The molecule has 12 heavy (non-hydrogen) atoms. The van der Waals surface area contributed by atoms with Gasteiger partial charge in [-0.1, -0.05) is 37.1 Å². The molecule has 0 amide bonds. The van der Waals surface area contributed by atoms with E-state index in [-0.39, 0.29) is 0 Å². The molecule has 0 heteroatoms. The third-order valence-electron chi connectivity index (χ3n) is 3.58. The van der Waals surface area contributed by atoms with Crippen LogP contribution in [0.15, 0.2) is 24.3 Å². The zero-order valence-corrected chi connectivity index (χ0v) is 7.81. The molecule has 2 atom stereocenters. The normalized spacial score (nSPS) is 36.3. The van der Waals surface area contributed by atoms with E-state index in [0.29, 0.717) is 0 Å². The van der Waals surface area contributed by atoms with E-state index in [4.69, 9.17) is 0 Å². The third kappa shape index (κ3) is 1.24. The second-order valence-electron chi connectivity index (χ2n) is 4.31. The Kier molecular flexibility index (Phi) is 2.08. The topological polar surface area (TPSA) is 0 Å². The van der Waals surface area contributed by atoms with E-state index in [2.05, 4.69) is 13.2 Å². The van der Waals surface area contributed by atoms with Gasteiger partial charge in [-0.15, -0.1) is 0 Å². The lowest BCUT2D eigenvalue weighted by Gasteiger charge is -2.38. The van der Waals surface area contributed by atoms with Crippen molar-refractivity contribution in [3.63, 3.8) is 0 Å². The lowest BCUT2D eigenvalue weighted by Crippen LogP contribution is -2.26. The van der Waals surface area contributed by atoms with Gasteiger partial charge < -0.3 is 0 Å². The van der Waals surface area contributed by atoms with Gasteiger partial charge in [-0.25, -0.2) is 0 Å². The summed E-state index contributed by atoms with van der Waals surface area (Å²) in [5.41, 5.74) is 3.01. The maximum Gasteiger partial charge on any atom is -0.0140 e. The molecule has 0 bridgehead atoms. The predicted molar refractivity (Wildman–Crippen MR) is 53.0 cm³/mol. The number of allylic oxidation sites excluding steroid dienone is 2. The highest BCUT2D eigenvalue weighted by Crippen LogP contribution is 2.44. The number of hydrogen-bond acceptors (Lipinski definition) is 0. The smallest absolute Gasteiger partial charge is 0.0140 e. The first kappa shape index (κ1) is 8.10. The molecule has 0 unspecified atom stereocenters. The summed E-state index contributed by atoms with van der Waals surface area (Å²) in [7, 11) is 0. The summed E-state index contributed by atoms with van der Waals surface area (Å²) in [5, 5.41) is 0. The van der Waals surface area contributed by atoms with Crippen molar-refractivity contribution >= 4 is 0 Å². The zero-order valence-electron chi connectivity index (χ0n) is 7.81. The van der Waals surface area contributed by atoms with E-state index in [9.17, 15) is 0 Å². The Balaban J connectivity index is 2.16. The highest BCUT2D eigenvalue weighted by molar-refractivity contribution is 5.19. The minimum absolute atomic E-state index is 0.806. The Morgan fingerprint density at radius 3 is 1.67 bits per heavy atom. The molecule has 2 fully saturated rings. The Hall–Kier alpha value is -0.520. The second-order valence-corrected chi connectivity index (χ2v) is 4.31. The van der Waals surface area contributed by atoms with Gasteiger partial charge in [0.1, 0.15) is 0 Å². The molecule has 66 valence electrons. The maximum absolute atomic E-state index is 4.19. The summed E-state index contributed by atoms with van der Waals surface area (Å²) in [5.74, 6) is 1.61. The van der Waals surface area contributed by atoms with Crippen molar-refractivity contribution in [2.75, 3.05) is 0 Å². The molecule has 0 aliphatic heterocycles. The molecule has 0 radical (unpaired) electrons. The van der Waals surface area contributed by atoms with Gasteiger partial charge in [0.05, 0.1) is 0 Å². The molecule has 2 saturated carbocycles. The highest BCUT2D eigenvalue weighted by Gasteiger charge is 2.31. The van der Waals surface area contributed by atoms with Crippen LogP contribution in [0.1, 0.15) is 38.5 Å². The van der Waals surface area contributed by atoms with Crippen LogP contribution in [-0.4, -0.2) is 0 Å². The molecule has 2 aliphatic rings. The monoisotopic (exact) mass is 162 g/mol. The summed E-state index contributed by atoms with van der Waals surface area (Å²) < 4.78 is 0. The van der Waals surface area contributed by atoms with Gasteiger partial charge >= 0.3 is 0 Å². The van der Waals surface area contributed by atoms with Crippen LogP contribution in [-0.2, 0) is 0 Å². The molecule has 2 rings (SSSR count). The third-order valence-corrected chi connectivity index (χ3v) is 3.58. The molecule has 0 aromatic carbocycles. The number of rotatable bonds is 0. The Bertz CT molecular complexity index is 188. The van der Waals surface area contributed by atoms with Crippen molar-refractivity contribution in [3.05, 3.63) is 24.3 Å². The lowest BCUT2D eigenvalue weighted by atomic mass is 9.67. The van der Waals surface area contributed by atoms with Gasteiger partial charge in [0.2, 0.25) is 0 Å². The zero-order chi connectivity index (χ0) is 8.55. The second kappa shape index (κ2) is 3.08. The summed E-state index contributed by atoms with van der Waals surface area (Å²) in [6.45, 7) is 8.38. The minimum atomic E-state index is 0.806. The first-order valence-electron chi connectivity index (χ1n) is 5.14. The fourth-order valence-electron chi connectivity index (χ4n) is 2.80. The Morgan fingerprint density at radius 1 is 0.833 bits per heavy atom. The summed E-state index contributed by atoms with van der Waals surface area (Å²) in [6.07, 6.45) is 7.99. The van der Waals surface area contributed by atoms with Gasteiger partial charge in [-0.2, -0.15) is 0 Å². The number of fused-ring (bicyclic) bond motifs is 1. The van der Waals surface area contributed by atoms with Crippen molar-refractivity contribution < 1.29 is 0 Å². The van der Waals surface area contributed by atoms with Crippen LogP contribution in [0.4, 0.5) is 0 Å². The summed E-state index contributed by atoms with van der Waals surface area (Å²) in [6, 6.07) is 0. The van der Waals surface area contributed by atoms with E-state index in [1.165, 1.54) is 49.7 Å². The average Bonchev–Trinajstić information content (AvgIpc) is 2.12. The van der Waals surface area contributed by atoms with Crippen LogP contribution in [0.2, 0.25) is 0 Å². The predicted octanol–water partition coefficient (Wildman–Crippen LogP) is 3.70. The largest absolute Gasteiger partial charge is 0.0995 e. The van der Waals surface area contributed by atoms with E-state index in [1.54, 1.807) is 0 Å². The molecular formula is C12H18. The van der Waals surface area contributed by atoms with Crippen LogP contribution in [0.25, 0.3) is 0 Å². The standard InChI is InChI=1S/C12H18/c1-9-7-8-10(2)12-6-4-3-5-11(9)12/h11-12H,1-8H2/t11-,12+. The van der Waals surface area contributed by atoms with Crippen molar-refractivity contribution in [1.82, 2.24) is 0 Å². The first-order valence-corrected chi connectivity index (χ1v) is 5.14. The van der Waals surface area contributed by atoms with Crippen LogP contribution in [0, 0.1) is 11.8 Å². The van der Waals surface area contributed by atoms with E-state index in [1.807, 2.05) is 0 Å². The van der Waals surface area contributed by atoms with Gasteiger partial charge in [0.25, 0.3) is 0 Å². The molecule has 0 aromatic rings. The van der Waals surface area contributed by atoms with E-state index in [0.717, 1.165) is 11.8 Å².